The number of amides is 1. The van der Waals surface area contributed by atoms with Crippen molar-refractivity contribution in [3.63, 3.8) is 0 Å². The second-order valence-electron chi connectivity index (χ2n) is 3.88. The van der Waals surface area contributed by atoms with Gasteiger partial charge in [0.15, 0.2) is 6.10 Å². The van der Waals surface area contributed by atoms with Crippen LogP contribution in [0.25, 0.3) is 0 Å². The molecule has 92 valence electrons. The molecule has 0 aliphatic heterocycles. The highest BCUT2D eigenvalue weighted by molar-refractivity contribution is 5.94. The Morgan fingerprint density at radius 2 is 1.56 bits per heavy atom. The van der Waals surface area contributed by atoms with Gasteiger partial charge in [-0.25, -0.2) is 0 Å². The summed E-state index contributed by atoms with van der Waals surface area (Å²) in [6.45, 7) is 0. The molecule has 0 aliphatic carbocycles. The van der Waals surface area contributed by atoms with Crippen molar-refractivity contribution in [2.45, 2.75) is 6.10 Å². The van der Waals surface area contributed by atoms with E-state index in [0.717, 1.165) is 11.3 Å². The maximum Gasteiger partial charge on any atom is 0.258 e. The Bertz CT molecular complexity index is 496. The fourth-order valence-corrected chi connectivity index (χ4v) is 1.75. The van der Waals surface area contributed by atoms with Crippen molar-refractivity contribution in [2.75, 3.05) is 12.4 Å². The van der Waals surface area contributed by atoms with Crippen LogP contribution in [0.2, 0.25) is 0 Å². The Morgan fingerprint density at radius 3 is 2.11 bits per heavy atom. The third-order valence-electron chi connectivity index (χ3n) is 2.62. The first-order chi connectivity index (χ1) is 8.81. The lowest BCUT2D eigenvalue weighted by atomic mass is 10.1. The average Bonchev–Trinajstić information content (AvgIpc) is 2.42. The molecule has 0 aliphatic rings. The van der Waals surface area contributed by atoms with Crippen molar-refractivity contribution >= 4 is 11.6 Å². The molecule has 1 N–H and O–H groups in total. The van der Waals surface area contributed by atoms with Crippen molar-refractivity contribution in [3.05, 3.63) is 66.2 Å². The van der Waals surface area contributed by atoms with E-state index in [2.05, 4.69) is 5.32 Å². The van der Waals surface area contributed by atoms with Gasteiger partial charge in [-0.15, -0.1) is 0 Å². The molecule has 18 heavy (non-hydrogen) atoms. The van der Waals surface area contributed by atoms with Crippen molar-refractivity contribution in [1.29, 1.82) is 0 Å². The van der Waals surface area contributed by atoms with E-state index in [0.29, 0.717) is 0 Å². The molecular weight excluding hydrogens is 226 g/mol. The van der Waals surface area contributed by atoms with Crippen LogP contribution < -0.4 is 5.32 Å². The van der Waals surface area contributed by atoms with Crippen LogP contribution in [0, 0.1) is 0 Å². The third kappa shape index (κ3) is 2.96. The number of para-hydroxylation sites is 1. The number of benzene rings is 2. The molecule has 0 spiro atoms. The van der Waals surface area contributed by atoms with Crippen LogP contribution in [0.15, 0.2) is 60.7 Å². The van der Waals surface area contributed by atoms with E-state index in [-0.39, 0.29) is 5.91 Å². The minimum absolute atomic E-state index is 0.171. The monoisotopic (exact) mass is 241 g/mol. The van der Waals surface area contributed by atoms with Gasteiger partial charge in [-0.3, -0.25) is 4.79 Å². The Morgan fingerprint density at radius 1 is 1.00 bits per heavy atom. The number of anilines is 1. The van der Waals surface area contributed by atoms with E-state index < -0.39 is 6.10 Å². The second kappa shape index (κ2) is 5.98. The highest BCUT2D eigenvalue weighted by Gasteiger charge is 2.19. The first kappa shape index (κ1) is 12.3. The van der Waals surface area contributed by atoms with Crippen LogP contribution in [0.5, 0.6) is 0 Å². The summed E-state index contributed by atoms with van der Waals surface area (Å²) in [7, 11) is 1.53. The summed E-state index contributed by atoms with van der Waals surface area (Å²) in [5, 5.41) is 2.83. The molecule has 1 unspecified atom stereocenters. The SMILES string of the molecule is COC(C(=O)Nc1ccccc1)c1ccccc1. The molecule has 0 saturated carbocycles. The van der Waals surface area contributed by atoms with Crippen LogP contribution in [-0.4, -0.2) is 13.0 Å². The zero-order chi connectivity index (χ0) is 12.8. The highest BCUT2D eigenvalue weighted by Crippen LogP contribution is 2.18. The molecule has 0 saturated heterocycles. The van der Waals surface area contributed by atoms with Gasteiger partial charge in [-0.2, -0.15) is 0 Å². The molecule has 3 heteroatoms. The first-order valence-electron chi connectivity index (χ1n) is 5.75. The summed E-state index contributed by atoms with van der Waals surface area (Å²) in [6.07, 6.45) is -0.591. The lowest BCUT2D eigenvalue weighted by molar-refractivity contribution is -0.126. The van der Waals surface area contributed by atoms with Gasteiger partial charge in [0.25, 0.3) is 5.91 Å². The zero-order valence-electron chi connectivity index (χ0n) is 10.2. The molecule has 2 rings (SSSR count). The van der Waals surface area contributed by atoms with E-state index in [1.807, 2.05) is 60.7 Å². The number of carbonyl (C=O) groups excluding carboxylic acids is 1. The molecule has 0 heterocycles. The van der Waals surface area contributed by atoms with Crippen molar-refractivity contribution in [2.24, 2.45) is 0 Å². The fraction of sp³-hybridized carbons (Fsp3) is 0.133. The van der Waals surface area contributed by atoms with E-state index >= 15 is 0 Å². The molecule has 1 amide bonds. The number of hydrogen-bond acceptors (Lipinski definition) is 2. The molecule has 0 radical (unpaired) electrons. The van der Waals surface area contributed by atoms with Gasteiger partial charge >= 0.3 is 0 Å². The van der Waals surface area contributed by atoms with Gasteiger partial charge in [-0.05, 0) is 17.7 Å². The smallest absolute Gasteiger partial charge is 0.258 e. The lowest BCUT2D eigenvalue weighted by Crippen LogP contribution is -2.22. The number of rotatable bonds is 4. The Balaban J connectivity index is 2.12. The van der Waals surface area contributed by atoms with Crippen LogP contribution in [0.3, 0.4) is 0 Å². The van der Waals surface area contributed by atoms with E-state index in [1.165, 1.54) is 7.11 Å². The summed E-state index contributed by atoms with van der Waals surface area (Å²) in [4.78, 5) is 12.1. The largest absolute Gasteiger partial charge is 0.367 e. The van der Waals surface area contributed by atoms with Crippen molar-refractivity contribution in [3.8, 4) is 0 Å². The molecule has 3 nitrogen and oxygen atoms in total. The summed E-state index contributed by atoms with van der Waals surface area (Å²) in [5.74, 6) is -0.171. The van der Waals surface area contributed by atoms with Gasteiger partial charge in [0, 0.05) is 12.8 Å². The number of hydrogen-bond donors (Lipinski definition) is 1. The van der Waals surface area contributed by atoms with Crippen LogP contribution in [0.4, 0.5) is 5.69 Å². The van der Waals surface area contributed by atoms with Gasteiger partial charge in [0.1, 0.15) is 0 Å². The maximum atomic E-state index is 12.1. The van der Waals surface area contributed by atoms with E-state index in [1.54, 1.807) is 0 Å². The number of ether oxygens (including phenoxy) is 1. The van der Waals surface area contributed by atoms with E-state index in [9.17, 15) is 4.79 Å². The standard InChI is InChI=1S/C15H15NO2/c1-18-14(12-8-4-2-5-9-12)15(17)16-13-10-6-3-7-11-13/h2-11,14H,1H3,(H,16,17). The molecule has 1 atom stereocenters. The van der Waals surface area contributed by atoms with Crippen LogP contribution in [-0.2, 0) is 9.53 Å². The minimum Gasteiger partial charge on any atom is -0.367 e. The van der Waals surface area contributed by atoms with Gasteiger partial charge in [0.2, 0.25) is 0 Å². The third-order valence-corrected chi connectivity index (χ3v) is 2.62. The summed E-state index contributed by atoms with van der Waals surface area (Å²) in [5.41, 5.74) is 1.61. The summed E-state index contributed by atoms with van der Waals surface area (Å²) in [6, 6.07) is 18.8. The number of carbonyl (C=O) groups is 1. The molecule has 0 fully saturated rings. The highest BCUT2D eigenvalue weighted by atomic mass is 16.5. The minimum atomic E-state index is -0.591. The van der Waals surface area contributed by atoms with Gasteiger partial charge < -0.3 is 10.1 Å². The lowest BCUT2D eigenvalue weighted by Gasteiger charge is -2.15. The van der Waals surface area contributed by atoms with E-state index in [4.69, 9.17) is 4.74 Å². The number of nitrogens with one attached hydrogen (secondary N) is 1. The number of methoxy groups -OCH3 is 1. The van der Waals surface area contributed by atoms with Crippen LogP contribution in [0.1, 0.15) is 11.7 Å². The topological polar surface area (TPSA) is 38.3 Å². The molecular formula is C15H15NO2. The maximum absolute atomic E-state index is 12.1. The first-order valence-corrected chi connectivity index (χ1v) is 5.75. The summed E-state index contributed by atoms with van der Waals surface area (Å²) < 4.78 is 5.26. The normalized spacial score (nSPS) is 11.8. The quantitative estimate of drug-likeness (QED) is 0.893. The molecule has 2 aromatic carbocycles. The Labute approximate surface area is 106 Å². The van der Waals surface area contributed by atoms with Gasteiger partial charge in [0.05, 0.1) is 0 Å². The van der Waals surface area contributed by atoms with Crippen molar-refractivity contribution < 1.29 is 9.53 Å². The predicted octanol–water partition coefficient (Wildman–Crippen LogP) is 3.01. The Kier molecular flexibility index (Phi) is 4.10. The molecule has 2 aromatic rings. The van der Waals surface area contributed by atoms with Gasteiger partial charge in [-0.1, -0.05) is 48.5 Å². The van der Waals surface area contributed by atoms with Crippen molar-refractivity contribution in [1.82, 2.24) is 0 Å². The second-order valence-corrected chi connectivity index (χ2v) is 3.88. The predicted molar refractivity (Wildman–Crippen MR) is 71.3 cm³/mol. The zero-order valence-corrected chi connectivity index (χ0v) is 10.2. The summed E-state index contributed by atoms with van der Waals surface area (Å²) >= 11 is 0. The molecule has 0 bridgehead atoms. The van der Waals surface area contributed by atoms with Crippen LogP contribution >= 0.6 is 0 Å². The molecule has 0 aromatic heterocycles. The Hall–Kier alpha value is -2.13. The average molecular weight is 241 g/mol. The fourth-order valence-electron chi connectivity index (χ4n) is 1.75.